The molecular weight excluding hydrogens is 314 g/mol. The number of halogens is 1. The predicted octanol–water partition coefficient (Wildman–Crippen LogP) is 0.499. The second kappa shape index (κ2) is 10.5. The van der Waals surface area contributed by atoms with Crippen molar-refractivity contribution in [2.45, 2.75) is 10.9 Å². The fraction of sp³-hybridized carbons (Fsp3) is 0.667. The smallest absolute Gasteiger partial charge is 0.183 e. The van der Waals surface area contributed by atoms with Crippen LogP contribution < -0.4 is 11.5 Å². The number of rotatable bonds is 1. The van der Waals surface area contributed by atoms with E-state index in [1.54, 1.807) is 0 Å². The Kier molecular flexibility index (Phi) is 14.8. The van der Waals surface area contributed by atoms with Crippen molar-refractivity contribution >= 4 is 14.2 Å². The van der Waals surface area contributed by atoms with Gasteiger partial charge in [-0.05, 0) is 0 Å². The quantitative estimate of drug-likeness (QED) is 0.373. The molecule has 0 fully saturated rings. The third-order valence-corrected chi connectivity index (χ3v) is 4.97. The summed E-state index contributed by atoms with van der Waals surface area (Å²) in [6, 6.07) is 0. The molecule has 0 aromatic carbocycles. The number of hydrogen-bond donors (Lipinski definition) is 3. The van der Waals surface area contributed by atoms with Gasteiger partial charge in [0.25, 0.3) is 0 Å². The summed E-state index contributed by atoms with van der Waals surface area (Å²) in [4.78, 5) is 0. The third kappa shape index (κ3) is 87.7. The first kappa shape index (κ1) is 11.3. The second-order valence-corrected chi connectivity index (χ2v) is 9.82. The summed E-state index contributed by atoms with van der Waals surface area (Å²) < 4.78 is 1.31. The molecule has 0 aromatic heterocycles. The number of nitrogens with two attached hydrogens (primary N) is 2. The van der Waals surface area contributed by atoms with E-state index in [2.05, 4.69) is 18.4 Å². The zero-order valence-corrected chi connectivity index (χ0v) is 11.2. The van der Waals surface area contributed by atoms with Gasteiger partial charge < -0.3 is 11.5 Å². The van der Waals surface area contributed by atoms with Crippen molar-refractivity contribution in [2.24, 2.45) is 11.5 Å². The minimum absolute atomic E-state index is 0.333. The summed E-state index contributed by atoms with van der Waals surface area (Å²) >= 11 is -0.640. The van der Waals surface area contributed by atoms with Crippen LogP contribution in [0.4, 0.5) is 0 Å². The van der Waals surface area contributed by atoms with Crippen LogP contribution in [0.25, 0.3) is 0 Å². The van der Waals surface area contributed by atoms with Gasteiger partial charge in [0.05, 0.1) is 0 Å². The molecule has 0 saturated carbocycles. The molecule has 8 heavy (non-hydrogen) atoms. The standard InChI is InChI=1S/C2H5.CH5N3.ClH.Hg/c1-2;2-1(3)4;;/h1H2,2H3;(H5,2,3,4);1H;/q;;;+1/p-1. The molecule has 0 aromatic rings. The SMILES string of the molecule is C[CH2][Hg][Cl].N=C(N)N. The van der Waals surface area contributed by atoms with Crippen molar-refractivity contribution in [1.82, 2.24) is 0 Å². The van der Waals surface area contributed by atoms with Gasteiger partial charge in [-0.2, -0.15) is 0 Å². The van der Waals surface area contributed by atoms with Crippen LogP contribution in [0.5, 0.6) is 0 Å². The first-order valence-corrected chi connectivity index (χ1v) is 13.0. The van der Waals surface area contributed by atoms with Crippen LogP contribution in [0.2, 0.25) is 3.93 Å². The van der Waals surface area contributed by atoms with Gasteiger partial charge in [0, 0.05) is 0 Å². The molecule has 0 aliphatic rings. The van der Waals surface area contributed by atoms with E-state index in [1.807, 2.05) is 0 Å². The van der Waals surface area contributed by atoms with Crippen LogP contribution in [-0.2, 0) is 23.3 Å². The molecule has 0 aliphatic carbocycles. The van der Waals surface area contributed by atoms with Crippen molar-refractivity contribution < 1.29 is 23.3 Å². The van der Waals surface area contributed by atoms with E-state index < -0.39 is 23.3 Å². The zero-order valence-electron chi connectivity index (χ0n) is 4.95. The molecule has 0 heterocycles. The molecule has 0 spiro atoms. The zero-order chi connectivity index (χ0) is 6.99. The van der Waals surface area contributed by atoms with Crippen molar-refractivity contribution in [3.63, 3.8) is 0 Å². The molecule has 0 atom stereocenters. The van der Waals surface area contributed by atoms with E-state index in [0.29, 0.717) is 0 Å². The molecule has 0 unspecified atom stereocenters. The van der Waals surface area contributed by atoms with Gasteiger partial charge in [0.1, 0.15) is 0 Å². The fourth-order valence-electron chi connectivity index (χ4n) is 0. The Morgan fingerprint density at radius 3 is 1.88 bits per heavy atom. The van der Waals surface area contributed by atoms with E-state index in [9.17, 15) is 0 Å². The fourth-order valence-corrected chi connectivity index (χ4v) is 0. The van der Waals surface area contributed by atoms with Crippen LogP contribution >= 0.6 is 8.25 Å². The van der Waals surface area contributed by atoms with Crippen molar-refractivity contribution in [3.8, 4) is 0 Å². The normalized spacial score (nSPS) is 5.75. The van der Waals surface area contributed by atoms with Crippen molar-refractivity contribution in [3.05, 3.63) is 0 Å². The van der Waals surface area contributed by atoms with Crippen LogP contribution in [0.3, 0.4) is 0 Å². The summed E-state index contributed by atoms with van der Waals surface area (Å²) in [6.07, 6.45) is 0. The number of hydrogen-bond acceptors (Lipinski definition) is 1. The predicted molar refractivity (Wildman–Crippen MR) is 32.4 cm³/mol. The summed E-state index contributed by atoms with van der Waals surface area (Å²) in [7, 11) is 5.41. The Morgan fingerprint density at radius 2 is 1.88 bits per heavy atom. The van der Waals surface area contributed by atoms with E-state index >= 15 is 0 Å². The first-order valence-electron chi connectivity index (χ1n) is 2.30. The average Bonchev–Trinajstić information content (AvgIpc) is 1.65. The Hall–Kier alpha value is 0.495. The summed E-state index contributed by atoms with van der Waals surface area (Å²) in [5.41, 5.74) is 8.94. The van der Waals surface area contributed by atoms with Crippen LogP contribution in [0.15, 0.2) is 0 Å². The van der Waals surface area contributed by atoms with Gasteiger partial charge in [-0.3, -0.25) is 5.41 Å². The topological polar surface area (TPSA) is 75.9 Å². The van der Waals surface area contributed by atoms with Gasteiger partial charge in [-0.25, -0.2) is 0 Å². The summed E-state index contributed by atoms with van der Waals surface area (Å²) in [6.45, 7) is 2.15. The molecule has 0 radical (unpaired) electrons. The molecule has 3 nitrogen and oxygen atoms in total. The molecule has 0 saturated heterocycles. The first-order chi connectivity index (χ1) is 3.65. The van der Waals surface area contributed by atoms with Gasteiger partial charge in [-0.15, -0.1) is 0 Å². The van der Waals surface area contributed by atoms with E-state index in [4.69, 9.17) is 13.7 Å². The monoisotopic (exact) mass is 325 g/mol. The second-order valence-electron chi connectivity index (χ2n) is 1.14. The van der Waals surface area contributed by atoms with E-state index in [0.717, 1.165) is 0 Å². The third-order valence-electron chi connectivity index (χ3n) is 0.189. The molecule has 0 rings (SSSR count). The maximum atomic E-state index is 6.06. The van der Waals surface area contributed by atoms with Crippen molar-refractivity contribution in [2.75, 3.05) is 0 Å². The summed E-state index contributed by atoms with van der Waals surface area (Å²) in [5.74, 6) is -0.333. The van der Waals surface area contributed by atoms with Crippen LogP contribution in [-0.4, -0.2) is 5.96 Å². The van der Waals surface area contributed by atoms with Crippen molar-refractivity contribution in [1.29, 1.82) is 5.41 Å². The Labute approximate surface area is 65.1 Å². The molecular formula is C3H10ClHgN3. The average molecular weight is 324 g/mol. The minimum Gasteiger partial charge on any atom is -0.370 e. The molecule has 0 aliphatic heterocycles. The molecule has 0 amide bonds. The van der Waals surface area contributed by atoms with Crippen LogP contribution in [0, 0.1) is 5.41 Å². The van der Waals surface area contributed by atoms with Crippen LogP contribution in [0.1, 0.15) is 6.92 Å². The maximum absolute atomic E-state index is 6.06. The molecule has 0 bridgehead atoms. The largest absolute Gasteiger partial charge is 0.370 e. The van der Waals surface area contributed by atoms with E-state index in [-0.39, 0.29) is 5.96 Å². The molecule has 5 N–H and O–H groups in total. The van der Waals surface area contributed by atoms with Gasteiger partial charge in [0.15, 0.2) is 5.96 Å². The number of nitrogens with one attached hydrogen (secondary N) is 1. The summed E-state index contributed by atoms with van der Waals surface area (Å²) in [5, 5.41) is 6.06. The molecule has 5 heteroatoms. The molecule has 46 valence electrons. The Morgan fingerprint density at radius 1 is 1.75 bits per heavy atom. The number of guanidine groups is 1. The van der Waals surface area contributed by atoms with Gasteiger partial charge in [0.2, 0.25) is 0 Å². The van der Waals surface area contributed by atoms with Gasteiger partial charge in [-0.1, -0.05) is 0 Å². The Balaban J connectivity index is 0. The maximum Gasteiger partial charge on any atom is 0.183 e. The van der Waals surface area contributed by atoms with Gasteiger partial charge >= 0.3 is 42.4 Å². The Bertz CT molecular complexity index is 52.5. The van der Waals surface area contributed by atoms with E-state index in [1.165, 1.54) is 3.93 Å². The minimum atomic E-state index is -0.640.